The molecule has 0 spiro atoms. The normalized spacial score (nSPS) is 20.9. The van der Waals surface area contributed by atoms with Crippen LogP contribution in [-0.4, -0.2) is 66.8 Å². The molecule has 6 atom stereocenters. The number of carbonyl (C=O) groups excluding carboxylic acids is 1. The molecule has 0 saturated heterocycles. The first-order chi connectivity index (χ1) is 41.4. The van der Waals surface area contributed by atoms with Crippen LogP contribution < -0.4 is 18.9 Å². The zero-order valence-electron chi connectivity index (χ0n) is 45.9. The number of rotatable bonds is 13. The predicted molar refractivity (Wildman–Crippen MR) is 296 cm³/mol. The topological polar surface area (TPSA) is 189 Å². The molecule has 14 nitrogen and oxygen atoms in total. The summed E-state index contributed by atoms with van der Waals surface area (Å²) < 4.78 is 147. The summed E-state index contributed by atoms with van der Waals surface area (Å²) in [5, 5.41) is 9.07. The SMILES string of the molecule is CCOC(=O)[C@@H]1C[C@H]1c1cccc2c1OCC[C@@]2(C)c1cnc(-c2cc(Oc3c(F)c(F)c4[nH]ccc4c3F)ccc2F)[nH]1.C[C@@]1(c2cnc(-c3cc(Oc4c(F)c(F)c5[nH]ccc5c4F)ccc3F)[nH]2)CCOc2c([C@@H]3C[C@H]3C(=O)O)cccc21. The Morgan fingerprint density at radius 2 is 1.06 bits per heavy atom. The molecule has 14 rings (SSSR count). The number of hydrogen-bond donors (Lipinski definition) is 5. The number of hydrogen-bond acceptors (Lipinski definition) is 9. The molecule has 86 heavy (non-hydrogen) atoms. The van der Waals surface area contributed by atoms with Gasteiger partial charge in [0.25, 0.3) is 0 Å². The van der Waals surface area contributed by atoms with Gasteiger partial charge >= 0.3 is 11.9 Å². The smallest absolute Gasteiger partial charge is 0.309 e. The van der Waals surface area contributed by atoms with Crippen molar-refractivity contribution in [2.75, 3.05) is 19.8 Å². The highest BCUT2D eigenvalue weighted by atomic mass is 19.2. The van der Waals surface area contributed by atoms with Crippen LogP contribution in [0.5, 0.6) is 34.5 Å². The summed E-state index contributed by atoms with van der Waals surface area (Å²) in [5.41, 5.74) is 3.11. The van der Waals surface area contributed by atoms with Gasteiger partial charge in [0.2, 0.25) is 23.1 Å². The molecular weight excluding hydrogens is 1130 g/mol. The number of para-hydroxylation sites is 2. The van der Waals surface area contributed by atoms with E-state index in [1.807, 2.05) is 50.2 Å². The number of esters is 1. The number of halogens is 8. The Kier molecular flexibility index (Phi) is 13.7. The number of H-pyrrole nitrogens is 4. The first-order valence-electron chi connectivity index (χ1n) is 27.6. The lowest BCUT2D eigenvalue weighted by Crippen LogP contribution is -2.32. The highest BCUT2D eigenvalue weighted by Crippen LogP contribution is 2.56. The zero-order chi connectivity index (χ0) is 60.1. The first kappa shape index (κ1) is 55.6. The third kappa shape index (κ3) is 9.32. The van der Waals surface area contributed by atoms with E-state index in [0.717, 1.165) is 40.1 Å². The van der Waals surface area contributed by atoms with Gasteiger partial charge in [-0.2, -0.15) is 8.78 Å². The fourth-order valence-corrected chi connectivity index (χ4v) is 12.0. The predicted octanol–water partition coefficient (Wildman–Crippen LogP) is 14.8. The average molecular weight is 1180 g/mol. The van der Waals surface area contributed by atoms with Crippen LogP contribution in [0.15, 0.2) is 110 Å². The molecule has 0 unspecified atom stereocenters. The highest BCUT2D eigenvalue weighted by Gasteiger charge is 2.50. The summed E-state index contributed by atoms with van der Waals surface area (Å²) in [7, 11) is 0. The van der Waals surface area contributed by atoms with Crippen LogP contribution in [-0.2, 0) is 25.2 Å². The number of aromatic nitrogens is 6. The molecule has 440 valence electrons. The molecule has 2 saturated carbocycles. The van der Waals surface area contributed by atoms with Gasteiger partial charge < -0.3 is 48.7 Å². The number of carboxylic acid groups (broad SMARTS) is 1. The third-order valence-electron chi connectivity index (χ3n) is 17.0. The largest absolute Gasteiger partial charge is 0.493 e. The second-order valence-corrected chi connectivity index (χ2v) is 22.1. The Morgan fingerprint density at radius 1 is 0.605 bits per heavy atom. The Labute approximate surface area is 483 Å². The lowest BCUT2D eigenvalue weighted by molar-refractivity contribution is -0.144. The molecule has 2 fully saturated rings. The molecule has 6 aromatic carbocycles. The summed E-state index contributed by atoms with van der Waals surface area (Å²) in [5.74, 6) is -11.3. The molecule has 2 aliphatic heterocycles. The van der Waals surface area contributed by atoms with Gasteiger partial charge in [0.05, 0.1) is 53.8 Å². The third-order valence-corrected chi connectivity index (χ3v) is 17.0. The average Bonchev–Trinajstić information content (AvgIpc) is 1.73. The number of nitrogens with one attached hydrogen (secondary N) is 4. The van der Waals surface area contributed by atoms with E-state index in [2.05, 4.69) is 29.9 Å². The minimum atomic E-state index is -1.51. The molecule has 0 bridgehead atoms. The summed E-state index contributed by atoms with van der Waals surface area (Å²) in [6.07, 6.45) is 8.21. The summed E-state index contributed by atoms with van der Waals surface area (Å²) in [4.78, 5) is 44.0. The minimum absolute atomic E-state index is 0.00217. The Balaban J connectivity index is 0.000000160. The van der Waals surface area contributed by atoms with Crippen molar-refractivity contribution >= 4 is 33.7 Å². The Hall–Kier alpha value is -9.60. The van der Waals surface area contributed by atoms with Gasteiger partial charge in [-0.3, -0.25) is 9.59 Å². The van der Waals surface area contributed by atoms with Crippen molar-refractivity contribution < 1.29 is 73.5 Å². The number of aromatic amines is 4. The Morgan fingerprint density at radius 3 is 1.50 bits per heavy atom. The Bertz CT molecular complexity index is 4390. The lowest BCUT2D eigenvalue weighted by Gasteiger charge is -2.36. The zero-order valence-corrected chi connectivity index (χ0v) is 45.9. The fraction of sp³-hybridized carbons (Fsp3) is 0.250. The van der Waals surface area contributed by atoms with E-state index in [1.54, 1.807) is 19.3 Å². The van der Waals surface area contributed by atoms with E-state index in [9.17, 15) is 36.6 Å². The highest BCUT2D eigenvalue weighted by molar-refractivity contribution is 5.84. The van der Waals surface area contributed by atoms with Crippen LogP contribution >= 0.6 is 0 Å². The molecule has 4 aliphatic rings. The van der Waals surface area contributed by atoms with Crippen LogP contribution in [0.3, 0.4) is 0 Å². The molecular formula is C64H50F8N6O8. The van der Waals surface area contributed by atoms with E-state index < -0.39 is 80.8 Å². The molecule has 2 aliphatic carbocycles. The number of carbonyl (C=O) groups is 2. The molecule has 6 heterocycles. The van der Waals surface area contributed by atoms with Gasteiger partial charge in [0.15, 0.2) is 23.3 Å². The van der Waals surface area contributed by atoms with Crippen LogP contribution in [0.4, 0.5) is 35.1 Å². The van der Waals surface area contributed by atoms with Gasteiger partial charge in [-0.05, 0) is 106 Å². The van der Waals surface area contributed by atoms with Crippen molar-refractivity contribution in [3.8, 4) is 57.3 Å². The summed E-state index contributed by atoms with van der Waals surface area (Å²) in [6, 6.07) is 21.1. The number of benzene rings is 6. The number of nitrogens with zero attached hydrogens (tertiary/aromatic N) is 2. The molecule has 4 aromatic heterocycles. The summed E-state index contributed by atoms with van der Waals surface area (Å²) in [6.45, 7) is 6.96. The maximum absolute atomic E-state index is 15.1. The van der Waals surface area contributed by atoms with E-state index in [1.165, 1.54) is 48.8 Å². The molecule has 22 heteroatoms. The quantitative estimate of drug-likeness (QED) is 0.0422. The lowest BCUT2D eigenvalue weighted by atomic mass is 9.74. The fourth-order valence-electron chi connectivity index (χ4n) is 12.0. The second-order valence-electron chi connectivity index (χ2n) is 22.1. The van der Waals surface area contributed by atoms with Gasteiger partial charge in [-0.1, -0.05) is 36.4 Å². The van der Waals surface area contributed by atoms with Crippen molar-refractivity contribution in [3.05, 3.63) is 190 Å². The van der Waals surface area contributed by atoms with Gasteiger partial charge in [-0.15, -0.1) is 0 Å². The molecule has 0 amide bonds. The van der Waals surface area contributed by atoms with Crippen molar-refractivity contribution in [1.82, 2.24) is 29.9 Å². The van der Waals surface area contributed by atoms with Crippen LogP contribution in [0, 0.1) is 58.4 Å². The first-order valence-corrected chi connectivity index (χ1v) is 27.6. The standard InChI is InChI=1S/C33H27F4N3O4.C31H23F4N3O4/c1-3-42-32(41)20-14-19(20)17-5-4-6-22-29(17)43-12-10-33(22,2)24-15-39-31(40-24)21-13-16(7-8-23(21)34)44-30-25(35)18-9-11-38-28(18)26(36)27(30)37;1-31(8-10-41-27-15(3-2-4-20(27)31)17-12-18(17)30(39)40)22-13-37-29(38-22)19-11-14(5-6-21(19)32)42-28-23(33)16-7-9-36-26(16)24(34)25(28)35/h4-9,11,13,15,19-20,38H,3,10,12,14H2,1-2H3,(H,39,40);2-7,9,11,13,17-18,36H,8,10,12H2,1H3,(H,37,38)(H,39,40)/t19-,20+,33+;17-,18+,31+/m00/s1. The van der Waals surface area contributed by atoms with Crippen molar-refractivity contribution in [3.63, 3.8) is 0 Å². The number of carboxylic acids is 1. The monoisotopic (exact) mass is 1180 g/mol. The second kappa shape index (κ2) is 21.2. The van der Waals surface area contributed by atoms with Crippen LogP contribution in [0.2, 0.25) is 0 Å². The molecule has 10 aromatic rings. The number of aliphatic carboxylic acids is 1. The number of ether oxygens (including phenoxy) is 5. The van der Waals surface area contributed by atoms with Gasteiger partial charge in [-0.25, -0.2) is 36.3 Å². The van der Waals surface area contributed by atoms with E-state index >= 15 is 13.2 Å². The number of fused-ring (bicyclic) bond motifs is 4. The molecule has 0 radical (unpaired) electrons. The molecule has 5 N–H and O–H groups in total. The number of imidazole rings is 2. The van der Waals surface area contributed by atoms with E-state index in [4.69, 9.17) is 23.7 Å². The maximum atomic E-state index is 15.1. The van der Waals surface area contributed by atoms with Gasteiger partial charge in [0, 0.05) is 80.7 Å². The van der Waals surface area contributed by atoms with E-state index in [0.29, 0.717) is 62.6 Å². The van der Waals surface area contributed by atoms with Crippen molar-refractivity contribution in [1.29, 1.82) is 0 Å². The summed E-state index contributed by atoms with van der Waals surface area (Å²) >= 11 is 0. The van der Waals surface area contributed by atoms with E-state index in [-0.39, 0.29) is 79.8 Å². The minimum Gasteiger partial charge on any atom is -0.493 e. The van der Waals surface area contributed by atoms with Crippen LogP contribution in [0.1, 0.15) is 91.9 Å². The maximum Gasteiger partial charge on any atom is 0.309 e. The van der Waals surface area contributed by atoms with Gasteiger partial charge in [0.1, 0.15) is 46.3 Å². The van der Waals surface area contributed by atoms with Crippen molar-refractivity contribution in [2.24, 2.45) is 11.8 Å². The van der Waals surface area contributed by atoms with Crippen LogP contribution in [0.25, 0.3) is 44.6 Å². The van der Waals surface area contributed by atoms with Crippen molar-refractivity contribution in [2.45, 2.75) is 69.1 Å².